The van der Waals surface area contributed by atoms with E-state index in [1.54, 1.807) is 0 Å². The number of fused-ring (bicyclic) bond motifs is 3. The van der Waals surface area contributed by atoms with Gasteiger partial charge in [-0.3, -0.25) is 4.98 Å². The summed E-state index contributed by atoms with van der Waals surface area (Å²) in [6.45, 7) is 0. The van der Waals surface area contributed by atoms with Gasteiger partial charge < -0.3 is 4.90 Å². The average molecular weight is 729 g/mol. The number of rotatable bonds is 8. The van der Waals surface area contributed by atoms with Gasteiger partial charge in [-0.25, -0.2) is 0 Å². The number of pyridine rings is 1. The lowest BCUT2D eigenvalue weighted by Crippen LogP contribution is -2.10. The van der Waals surface area contributed by atoms with E-state index in [2.05, 4.69) is 217 Å². The van der Waals surface area contributed by atoms with Crippen LogP contribution in [0.2, 0.25) is 0 Å². The van der Waals surface area contributed by atoms with Gasteiger partial charge >= 0.3 is 0 Å². The first-order chi connectivity index (χ1) is 28.2. The van der Waals surface area contributed by atoms with Gasteiger partial charge in [0.15, 0.2) is 0 Å². The molecule has 0 spiro atoms. The first-order valence-corrected chi connectivity index (χ1v) is 19.7. The highest BCUT2D eigenvalue weighted by Crippen LogP contribution is 2.42. The maximum atomic E-state index is 4.83. The number of hydrogen-bond donors (Lipinski definition) is 0. The Kier molecular flexibility index (Phi) is 9.06. The van der Waals surface area contributed by atoms with Crippen LogP contribution in [0, 0.1) is 0 Å². The molecule has 2 heteroatoms. The van der Waals surface area contributed by atoms with Crippen LogP contribution in [0.4, 0.5) is 17.1 Å². The SMILES string of the molecule is C1=CC(c2ccccc2)CC(c2cncc(-c3ccc(N(c4ccc(-c5ccccc5)cc4)c4ccc5c(ccc6ccccc65)c4)cc3)c2)=C1c1ccccc1. The van der Waals surface area contributed by atoms with E-state index in [9.17, 15) is 0 Å². The standard InChI is InChI=1S/C55H40N2/c1-4-12-39(13-5-1)41-22-27-49(28-23-41)57(51-31-33-54-46(35-51)21-20-44-18-10-11-19-52(44)54)50-29-24-42(25-30-50)47-34-48(38-56-37-47)55-36-45(40-14-6-2-7-15-40)26-32-53(55)43-16-8-3-9-17-43/h1-35,37-38,45H,36H2. The molecule has 1 aromatic heterocycles. The maximum Gasteiger partial charge on any atom is 0.0468 e. The van der Waals surface area contributed by atoms with Crippen molar-refractivity contribution in [1.29, 1.82) is 0 Å². The normalized spacial score (nSPS) is 13.9. The third-order valence-electron chi connectivity index (χ3n) is 11.3. The lowest BCUT2D eigenvalue weighted by Gasteiger charge is -2.26. The second-order valence-corrected chi connectivity index (χ2v) is 14.8. The fourth-order valence-corrected chi connectivity index (χ4v) is 8.39. The minimum absolute atomic E-state index is 0.304. The zero-order valence-corrected chi connectivity index (χ0v) is 31.5. The van der Waals surface area contributed by atoms with Crippen LogP contribution >= 0.6 is 0 Å². The molecule has 0 radical (unpaired) electrons. The van der Waals surface area contributed by atoms with Gasteiger partial charge in [-0.1, -0.05) is 170 Å². The number of nitrogens with zero attached hydrogens (tertiary/aromatic N) is 2. The molecule has 2 nitrogen and oxygen atoms in total. The summed E-state index contributed by atoms with van der Waals surface area (Å²) in [7, 11) is 0. The molecular weight excluding hydrogens is 689 g/mol. The van der Waals surface area contributed by atoms with Crippen LogP contribution in [0.3, 0.4) is 0 Å². The van der Waals surface area contributed by atoms with Gasteiger partial charge in [-0.2, -0.15) is 0 Å². The van der Waals surface area contributed by atoms with Gasteiger partial charge in [0.25, 0.3) is 0 Å². The topological polar surface area (TPSA) is 16.1 Å². The van der Waals surface area contributed by atoms with E-state index in [4.69, 9.17) is 4.98 Å². The molecule has 1 heterocycles. The highest BCUT2D eigenvalue weighted by atomic mass is 15.1. The molecule has 1 unspecified atom stereocenters. The fourth-order valence-electron chi connectivity index (χ4n) is 8.39. The number of benzene rings is 8. The molecule has 1 aliphatic carbocycles. The largest absolute Gasteiger partial charge is 0.310 e. The van der Waals surface area contributed by atoms with E-state index in [1.165, 1.54) is 54.9 Å². The van der Waals surface area contributed by atoms with E-state index in [0.717, 1.165) is 40.2 Å². The van der Waals surface area contributed by atoms with Gasteiger partial charge in [0.05, 0.1) is 0 Å². The van der Waals surface area contributed by atoms with Gasteiger partial charge in [0.1, 0.15) is 0 Å². The quantitative estimate of drug-likeness (QED) is 0.145. The monoisotopic (exact) mass is 728 g/mol. The van der Waals surface area contributed by atoms with Crippen LogP contribution in [0.5, 0.6) is 0 Å². The summed E-state index contributed by atoms with van der Waals surface area (Å²) in [6, 6.07) is 72.2. The highest BCUT2D eigenvalue weighted by molar-refractivity contribution is 6.08. The smallest absolute Gasteiger partial charge is 0.0468 e. The summed E-state index contributed by atoms with van der Waals surface area (Å²) in [4.78, 5) is 7.19. The first-order valence-electron chi connectivity index (χ1n) is 19.7. The third-order valence-corrected chi connectivity index (χ3v) is 11.3. The van der Waals surface area contributed by atoms with Crippen molar-refractivity contribution in [2.45, 2.75) is 12.3 Å². The van der Waals surface area contributed by atoms with Crippen molar-refractivity contribution < 1.29 is 0 Å². The molecule has 0 saturated heterocycles. The van der Waals surface area contributed by atoms with Crippen molar-refractivity contribution in [1.82, 2.24) is 4.98 Å². The number of allylic oxidation sites excluding steroid dienone is 4. The predicted molar refractivity (Wildman–Crippen MR) is 241 cm³/mol. The van der Waals surface area contributed by atoms with Crippen LogP contribution in [0.15, 0.2) is 225 Å². The summed E-state index contributed by atoms with van der Waals surface area (Å²) in [5, 5.41) is 5.00. The Balaban J connectivity index is 1.03. The highest BCUT2D eigenvalue weighted by Gasteiger charge is 2.21. The zero-order chi connectivity index (χ0) is 38.0. The van der Waals surface area contributed by atoms with Crippen molar-refractivity contribution in [3.05, 3.63) is 241 Å². The van der Waals surface area contributed by atoms with E-state index in [1.807, 2.05) is 12.4 Å². The van der Waals surface area contributed by atoms with E-state index < -0.39 is 0 Å². The molecule has 0 bridgehead atoms. The Hall–Kier alpha value is -7.29. The van der Waals surface area contributed by atoms with Gasteiger partial charge in [0, 0.05) is 40.9 Å². The average Bonchev–Trinajstić information content (AvgIpc) is 3.30. The van der Waals surface area contributed by atoms with Crippen LogP contribution in [-0.2, 0) is 0 Å². The Bertz CT molecular complexity index is 2890. The van der Waals surface area contributed by atoms with Crippen molar-refractivity contribution in [3.63, 3.8) is 0 Å². The summed E-state index contributed by atoms with van der Waals surface area (Å²) in [5.74, 6) is 0.304. The molecule has 1 atom stereocenters. The summed E-state index contributed by atoms with van der Waals surface area (Å²) < 4.78 is 0. The van der Waals surface area contributed by atoms with Crippen molar-refractivity contribution in [2.75, 3.05) is 4.90 Å². The molecule has 1 aliphatic rings. The predicted octanol–water partition coefficient (Wildman–Crippen LogP) is 14.8. The number of anilines is 3. The summed E-state index contributed by atoms with van der Waals surface area (Å²) in [5.41, 5.74) is 14.2. The first kappa shape index (κ1) is 34.2. The Morgan fingerprint density at radius 1 is 0.404 bits per heavy atom. The van der Waals surface area contributed by atoms with Crippen molar-refractivity contribution in [3.8, 4) is 22.3 Å². The lowest BCUT2D eigenvalue weighted by molar-refractivity contribution is 0.869. The van der Waals surface area contributed by atoms with Crippen LogP contribution in [0.1, 0.15) is 29.0 Å². The minimum atomic E-state index is 0.304. The second kappa shape index (κ2) is 15.1. The molecule has 8 aromatic carbocycles. The van der Waals surface area contributed by atoms with Gasteiger partial charge in [-0.15, -0.1) is 0 Å². The molecule has 9 aromatic rings. The maximum absolute atomic E-state index is 4.83. The van der Waals surface area contributed by atoms with Gasteiger partial charge in [-0.05, 0) is 115 Å². The number of aromatic nitrogens is 1. The third kappa shape index (κ3) is 6.83. The Morgan fingerprint density at radius 2 is 0.947 bits per heavy atom. The van der Waals surface area contributed by atoms with Crippen LogP contribution in [-0.4, -0.2) is 4.98 Å². The molecular formula is C55H40N2. The molecule has 10 rings (SSSR count). The van der Waals surface area contributed by atoms with Crippen molar-refractivity contribution in [2.24, 2.45) is 0 Å². The summed E-state index contributed by atoms with van der Waals surface area (Å²) >= 11 is 0. The molecule has 0 N–H and O–H groups in total. The molecule has 0 amide bonds. The fraction of sp³-hybridized carbons (Fsp3) is 0.0364. The van der Waals surface area contributed by atoms with E-state index in [0.29, 0.717) is 5.92 Å². The van der Waals surface area contributed by atoms with E-state index >= 15 is 0 Å². The molecule has 57 heavy (non-hydrogen) atoms. The Morgan fingerprint density at radius 3 is 1.67 bits per heavy atom. The number of hydrogen-bond acceptors (Lipinski definition) is 2. The Labute approximate surface area is 334 Å². The summed E-state index contributed by atoms with van der Waals surface area (Å²) in [6.07, 6.45) is 9.59. The minimum Gasteiger partial charge on any atom is -0.310 e. The van der Waals surface area contributed by atoms with Crippen LogP contribution < -0.4 is 4.90 Å². The van der Waals surface area contributed by atoms with Gasteiger partial charge in [0.2, 0.25) is 0 Å². The van der Waals surface area contributed by atoms with Crippen LogP contribution in [0.25, 0.3) is 54.9 Å². The zero-order valence-electron chi connectivity index (χ0n) is 31.5. The molecule has 0 saturated carbocycles. The second-order valence-electron chi connectivity index (χ2n) is 14.8. The van der Waals surface area contributed by atoms with E-state index in [-0.39, 0.29) is 0 Å². The molecule has 0 aliphatic heterocycles. The lowest BCUT2D eigenvalue weighted by atomic mass is 9.80. The van der Waals surface area contributed by atoms with Crippen molar-refractivity contribution >= 4 is 49.8 Å². The molecule has 0 fully saturated rings. The molecule has 270 valence electrons.